The predicted molar refractivity (Wildman–Crippen MR) is 114 cm³/mol. The van der Waals surface area contributed by atoms with Gasteiger partial charge in [-0.05, 0) is 35.4 Å². The molecule has 7 heteroatoms. The van der Waals surface area contributed by atoms with E-state index in [9.17, 15) is 9.59 Å². The van der Waals surface area contributed by atoms with Crippen LogP contribution < -0.4 is 10.6 Å². The molecule has 0 unspecified atom stereocenters. The standard InChI is InChI=1S/C22H19N3O3S/c26-20(8-3-11-23-21(27)19-7-4-12-28-19)25-22-24-18(14-29-22)17-10-9-15-5-1-2-6-16(15)13-17/h1-2,4-7,9-10,12-14H,3,8,11H2,(H,23,27)(H,24,25,26). The second kappa shape index (κ2) is 8.70. The first-order chi connectivity index (χ1) is 14.2. The van der Waals surface area contributed by atoms with Crippen LogP contribution in [0.3, 0.4) is 0 Å². The highest BCUT2D eigenvalue weighted by atomic mass is 32.1. The van der Waals surface area contributed by atoms with Crippen molar-refractivity contribution in [3.8, 4) is 11.3 Å². The number of aromatic nitrogens is 1. The van der Waals surface area contributed by atoms with E-state index in [-0.39, 0.29) is 17.6 Å². The Morgan fingerprint density at radius 3 is 2.72 bits per heavy atom. The Hall–Kier alpha value is -3.45. The molecule has 0 saturated carbocycles. The van der Waals surface area contributed by atoms with Crippen molar-refractivity contribution in [2.75, 3.05) is 11.9 Å². The summed E-state index contributed by atoms with van der Waals surface area (Å²) in [6.07, 6.45) is 2.27. The maximum atomic E-state index is 12.1. The third-order valence-corrected chi connectivity index (χ3v) is 5.16. The van der Waals surface area contributed by atoms with Gasteiger partial charge in [0.1, 0.15) is 0 Å². The van der Waals surface area contributed by atoms with Gasteiger partial charge in [0.05, 0.1) is 12.0 Å². The van der Waals surface area contributed by atoms with E-state index in [1.54, 1.807) is 12.1 Å². The highest BCUT2D eigenvalue weighted by Gasteiger charge is 2.10. The lowest BCUT2D eigenvalue weighted by Crippen LogP contribution is -2.25. The van der Waals surface area contributed by atoms with Crippen LogP contribution in [0.15, 0.2) is 70.7 Å². The molecule has 2 amide bonds. The van der Waals surface area contributed by atoms with E-state index in [2.05, 4.69) is 39.9 Å². The van der Waals surface area contributed by atoms with E-state index in [0.29, 0.717) is 24.5 Å². The molecule has 0 bridgehead atoms. The summed E-state index contributed by atoms with van der Waals surface area (Å²) in [7, 11) is 0. The van der Waals surface area contributed by atoms with Crippen LogP contribution in [0, 0.1) is 0 Å². The minimum atomic E-state index is -0.282. The van der Waals surface area contributed by atoms with E-state index in [1.165, 1.54) is 23.0 Å². The monoisotopic (exact) mass is 405 g/mol. The van der Waals surface area contributed by atoms with Gasteiger partial charge in [-0.25, -0.2) is 4.98 Å². The molecule has 4 rings (SSSR count). The maximum Gasteiger partial charge on any atom is 0.286 e. The summed E-state index contributed by atoms with van der Waals surface area (Å²) in [6, 6.07) is 17.6. The first-order valence-corrected chi connectivity index (χ1v) is 10.1. The zero-order valence-corrected chi connectivity index (χ0v) is 16.4. The molecule has 29 heavy (non-hydrogen) atoms. The first kappa shape index (κ1) is 18.9. The number of benzene rings is 2. The third kappa shape index (κ3) is 4.70. The van der Waals surface area contributed by atoms with E-state index in [0.717, 1.165) is 16.6 Å². The van der Waals surface area contributed by atoms with Crippen molar-refractivity contribution >= 4 is 39.1 Å². The lowest BCUT2D eigenvalue weighted by atomic mass is 10.1. The fourth-order valence-electron chi connectivity index (χ4n) is 2.94. The van der Waals surface area contributed by atoms with Crippen LogP contribution in [-0.2, 0) is 4.79 Å². The SMILES string of the molecule is O=C(CCCNC(=O)c1ccco1)Nc1nc(-c2ccc3ccccc3c2)cs1. The number of rotatable bonds is 7. The van der Waals surface area contributed by atoms with Gasteiger partial charge in [-0.2, -0.15) is 0 Å². The van der Waals surface area contributed by atoms with E-state index in [1.807, 2.05) is 23.6 Å². The number of nitrogens with one attached hydrogen (secondary N) is 2. The molecule has 0 fully saturated rings. The van der Waals surface area contributed by atoms with Gasteiger partial charge < -0.3 is 15.1 Å². The normalized spacial score (nSPS) is 10.8. The summed E-state index contributed by atoms with van der Waals surface area (Å²) in [5.74, 6) is -0.148. The highest BCUT2D eigenvalue weighted by Crippen LogP contribution is 2.27. The molecule has 0 radical (unpaired) electrons. The van der Waals surface area contributed by atoms with Crippen LogP contribution in [0.2, 0.25) is 0 Å². The predicted octanol–water partition coefficient (Wildman–Crippen LogP) is 4.71. The number of thiazole rings is 1. The Labute approximate surface area is 171 Å². The van der Waals surface area contributed by atoms with Gasteiger partial charge in [-0.3, -0.25) is 9.59 Å². The molecule has 0 saturated heterocycles. The van der Waals surface area contributed by atoms with E-state index in [4.69, 9.17) is 4.42 Å². The van der Waals surface area contributed by atoms with Crippen LogP contribution in [0.1, 0.15) is 23.4 Å². The van der Waals surface area contributed by atoms with Gasteiger partial charge in [0, 0.05) is 23.9 Å². The number of nitrogens with zero attached hydrogens (tertiary/aromatic N) is 1. The minimum Gasteiger partial charge on any atom is -0.459 e. The highest BCUT2D eigenvalue weighted by molar-refractivity contribution is 7.14. The lowest BCUT2D eigenvalue weighted by Gasteiger charge is -2.04. The Balaban J connectivity index is 1.28. The Kier molecular flexibility index (Phi) is 5.67. The number of hydrogen-bond donors (Lipinski definition) is 2. The summed E-state index contributed by atoms with van der Waals surface area (Å²) < 4.78 is 5.02. The number of amides is 2. The summed E-state index contributed by atoms with van der Waals surface area (Å²) in [4.78, 5) is 28.4. The van der Waals surface area contributed by atoms with Gasteiger partial charge in [0.2, 0.25) is 5.91 Å². The molecule has 0 aliphatic rings. The molecule has 4 aromatic rings. The van der Waals surface area contributed by atoms with Crippen LogP contribution in [0.5, 0.6) is 0 Å². The Morgan fingerprint density at radius 2 is 1.90 bits per heavy atom. The van der Waals surface area contributed by atoms with Crippen LogP contribution in [-0.4, -0.2) is 23.3 Å². The van der Waals surface area contributed by atoms with E-state index < -0.39 is 0 Å². The van der Waals surface area contributed by atoms with E-state index >= 15 is 0 Å². The Morgan fingerprint density at radius 1 is 1.03 bits per heavy atom. The van der Waals surface area contributed by atoms with Crippen LogP contribution in [0.4, 0.5) is 5.13 Å². The first-order valence-electron chi connectivity index (χ1n) is 9.25. The van der Waals surface area contributed by atoms with Crippen molar-refractivity contribution in [1.82, 2.24) is 10.3 Å². The molecule has 0 aliphatic heterocycles. The quantitative estimate of drug-likeness (QED) is 0.436. The second-order valence-electron chi connectivity index (χ2n) is 6.48. The largest absolute Gasteiger partial charge is 0.459 e. The molecule has 2 aromatic heterocycles. The van der Waals surface area contributed by atoms with Crippen molar-refractivity contribution in [1.29, 1.82) is 0 Å². The summed E-state index contributed by atoms with van der Waals surface area (Å²) >= 11 is 1.40. The van der Waals surface area contributed by atoms with Gasteiger partial charge in [-0.1, -0.05) is 36.4 Å². The van der Waals surface area contributed by atoms with Gasteiger partial charge in [0.15, 0.2) is 10.9 Å². The van der Waals surface area contributed by atoms with Crippen molar-refractivity contribution in [3.05, 3.63) is 72.0 Å². The van der Waals surface area contributed by atoms with Gasteiger partial charge in [0.25, 0.3) is 5.91 Å². The fourth-order valence-corrected chi connectivity index (χ4v) is 3.68. The fraction of sp³-hybridized carbons (Fsp3) is 0.136. The maximum absolute atomic E-state index is 12.1. The average Bonchev–Trinajstić information content (AvgIpc) is 3.43. The number of furan rings is 1. The topological polar surface area (TPSA) is 84.2 Å². The zero-order valence-electron chi connectivity index (χ0n) is 15.6. The third-order valence-electron chi connectivity index (χ3n) is 4.41. The Bertz CT molecular complexity index is 1140. The number of carbonyl (C=O) groups excluding carboxylic acids is 2. The van der Waals surface area contributed by atoms with Crippen molar-refractivity contribution in [3.63, 3.8) is 0 Å². The molecule has 2 aromatic carbocycles. The molecule has 146 valence electrons. The van der Waals surface area contributed by atoms with Crippen LogP contribution in [0.25, 0.3) is 22.0 Å². The lowest BCUT2D eigenvalue weighted by molar-refractivity contribution is -0.116. The average molecular weight is 405 g/mol. The molecule has 0 spiro atoms. The number of fused-ring (bicyclic) bond motifs is 1. The number of hydrogen-bond acceptors (Lipinski definition) is 5. The molecule has 2 heterocycles. The number of carbonyl (C=O) groups is 2. The van der Waals surface area contributed by atoms with Crippen molar-refractivity contribution in [2.24, 2.45) is 0 Å². The molecular weight excluding hydrogens is 386 g/mol. The van der Waals surface area contributed by atoms with Crippen molar-refractivity contribution < 1.29 is 14.0 Å². The molecule has 2 N–H and O–H groups in total. The van der Waals surface area contributed by atoms with Crippen LogP contribution >= 0.6 is 11.3 Å². The summed E-state index contributed by atoms with van der Waals surface area (Å²) in [6.45, 7) is 0.396. The minimum absolute atomic E-state index is 0.128. The summed E-state index contributed by atoms with van der Waals surface area (Å²) in [5.41, 5.74) is 1.85. The smallest absolute Gasteiger partial charge is 0.286 e. The van der Waals surface area contributed by atoms with Gasteiger partial charge in [-0.15, -0.1) is 11.3 Å². The van der Waals surface area contributed by atoms with Crippen molar-refractivity contribution in [2.45, 2.75) is 12.8 Å². The zero-order chi connectivity index (χ0) is 20.1. The second-order valence-corrected chi connectivity index (χ2v) is 7.34. The molecule has 6 nitrogen and oxygen atoms in total. The number of anilines is 1. The molecule has 0 atom stereocenters. The molecule has 0 aliphatic carbocycles. The molecular formula is C22H19N3O3S. The van der Waals surface area contributed by atoms with Gasteiger partial charge >= 0.3 is 0 Å². The summed E-state index contributed by atoms with van der Waals surface area (Å²) in [5, 5.41) is 10.4.